The number of fused-ring (bicyclic) bond motifs is 1. The molecule has 0 saturated carbocycles. The first-order valence-corrected chi connectivity index (χ1v) is 6.36. The highest BCUT2D eigenvalue weighted by Gasteiger charge is 2.18. The molecule has 3 nitrogen and oxygen atoms in total. The summed E-state index contributed by atoms with van der Waals surface area (Å²) in [6.45, 7) is 8.84. The maximum atomic E-state index is 5.81. The van der Waals surface area contributed by atoms with Crippen molar-refractivity contribution in [2.24, 2.45) is 0 Å². The molecule has 0 aliphatic carbocycles. The van der Waals surface area contributed by atoms with Crippen LogP contribution < -0.4 is 5.73 Å². The molecule has 0 radical (unpaired) electrons. The van der Waals surface area contributed by atoms with Crippen LogP contribution in [0, 0.1) is 0 Å². The molecule has 2 N–H and O–H groups in total. The van der Waals surface area contributed by atoms with Crippen LogP contribution in [0.4, 0.5) is 5.69 Å². The number of likely N-dealkylation sites (N-methyl/N-ethyl adjacent to an activating group) is 1. The van der Waals surface area contributed by atoms with Gasteiger partial charge in [-0.15, -0.1) is 0 Å². The third kappa shape index (κ3) is 2.99. The Morgan fingerprint density at radius 1 is 1.29 bits per heavy atom. The molecule has 1 aliphatic rings. The summed E-state index contributed by atoms with van der Waals surface area (Å²) in [6.07, 6.45) is 0. The van der Waals surface area contributed by atoms with Crippen molar-refractivity contribution in [3.8, 4) is 0 Å². The highest BCUT2D eigenvalue weighted by atomic mass is 15.2. The Hall–Kier alpha value is -1.06. The highest BCUT2D eigenvalue weighted by molar-refractivity contribution is 5.46. The zero-order valence-electron chi connectivity index (χ0n) is 11.1. The molecule has 1 aromatic rings. The number of hydrogen-bond acceptors (Lipinski definition) is 3. The van der Waals surface area contributed by atoms with Crippen molar-refractivity contribution in [2.45, 2.75) is 33.0 Å². The summed E-state index contributed by atoms with van der Waals surface area (Å²) in [6, 6.07) is 6.90. The fourth-order valence-corrected chi connectivity index (χ4v) is 2.20. The summed E-state index contributed by atoms with van der Waals surface area (Å²) in [5.41, 5.74) is 9.53. The first-order valence-electron chi connectivity index (χ1n) is 6.36. The molecule has 1 aliphatic heterocycles. The highest BCUT2D eigenvalue weighted by Crippen LogP contribution is 2.24. The molecule has 17 heavy (non-hydrogen) atoms. The lowest BCUT2D eigenvalue weighted by Gasteiger charge is -2.24. The summed E-state index contributed by atoms with van der Waals surface area (Å²) < 4.78 is 0. The van der Waals surface area contributed by atoms with E-state index in [0.29, 0.717) is 6.04 Å². The van der Waals surface area contributed by atoms with E-state index in [1.54, 1.807) is 0 Å². The maximum absolute atomic E-state index is 5.81. The molecule has 0 amide bonds. The van der Waals surface area contributed by atoms with Gasteiger partial charge in [0.1, 0.15) is 0 Å². The predicted octanol–water partition coefficient (Wildman–Crippen LogP) is 1.92. The molecule has 0 spiro atoms. The molecular formula is C14H23N3. The number of rotatable bonds is 4. The van der Waals surface area contributed by atoms with E-state index in [1.165, 1.54) is 11.1 Å². The quantitative estimate of drug-likeness (QED) is 0.807. The summed E-state index contributed by atoms with van der Waals surface area (Å²) >= 11 is 0. The van der Waals surface area contributed by atoms with Gasteiger partial charge in [-0.1, -0.05) is 6.07 Å². The Bertz CT molecular complexity index is 387. The van der Waals surface area contributed by atoms with E-state index in [9.17, 15) is 0 Å². The first-order chi connectivity index (χ1) is 8.06. The van der Waals surface area contributed by atoms with E-state index in [-0.39, 0.29) is 0 Å². The Morgan fingerprint density at radius 2 is 2.00 bits per heavy atom. The largest absolute Gasteiger partial charge is 0.399 e. The number of nitrogens with two attached hydrogens (primary N) is 1. The van der Waals surface area contributed by atoms with Crippen LogP contribution in [0.5, 0.6) is 0 Å². The Labute approximate surface area is 104 Å². The van der Waals surface area contributed by atoms with Crippen LogP contribution in [0.15, 0.2) is 18.2 Å². The van der Waals surface area contributed by atoms with E-state index < -0.39 is 0 Å². The second-order valence-electron chi connectivity index (χ2n) is 5.31. The normalized spacial score (nSPS) is 15.8. The van der Waals surface area contributed by atoms with Gasteiger partial charge in [-0.05, 0) is 44.2 Å². The minimum atomic E-state index is 0.621. The second kappa shape index (κ2) is 5.07. The summed E-state index contributed by atoms with van der Waals surface area (Å²) in [7, 11) is 2.19. The van der Waals surface area contributed by atoms with Crippen LogP contribution >= 0.6 is 0 Å². The topological polar surface area (TPSA) is 32.5 Å². The van der Waals surface area contributed by atoms with Crippen molar-refractivity contribution in [1.82, 2.24) is 9.80 Å². The van der Waals surface area contributed by atoms with E-state index in [2.05, 4.69) is 42.8 Å². The standard InChI is InChI=1S/C14H23N3/c1-11(2)16(3)6-7-17-9-12-4-5-14(15)8-13(12)10-17/h4-5,8,11H,6-7,9-10,15H2,1-3H3. The fraction of sp³-hybridized carbons (Fsp3) is 0.571. The van der Waals surface area contributed by atoms with Gasteiger partial charge in [0.05, 0.1) is 0 Å². The SMILES string of the molecule is CC(C)N(C)CCN1Cc2ccc(N)cc2C1. The molecule has 1 heterocycles. The van der Waals surface area contributed by atoms with Gasteiger partial charge >= 0.3 is 0 Å². The van der Waals surface area contributed by atoms with Gasteiger partial charge in [-0.25, -0.2) is 0 Å². The fourth-order valence-electron chi connectivity index (χ4n) is 2.20. The van der Waals surface area contributed by atoms with Crippen molar-refractivity contribution in [2.75, 3.05) is 25.9 Å². The third-order valence-electron chi connectivity index (χ3n) is 3.67. The minimum absolute atomic E-state index is 0.621. The molecule has 0 fully saturated rings. The minimum Gasteiger partial charge on any atom is -0.399 e. The molecule has 0 unspecified atom stereocenters. The van der Waals surface area contributed by atoms with Crippen LogP contribution in [0.3, 0.4) is 0 Å². The Balaban J connectivity index is 1.88. The molecule has 2 rings (SSSR count). The third-order valence-corrected chi connectivity index (χ3v) is 3.67. The number of anilines is 1. The van der Waals surface area contributed by atoms with Crippen LogP contribution in [-0.2, 0) is 13.1 Å². The van der Waals surface area contributed by atoms with Crippen molar-refractivity contribution >= 4 is 5.69 Å². The molecule has 0 bridgehead atoms. The van der Waals surface area contributed by atoms with Gasteiger partial charge in [0.15, 0.2) is 0 Å². The van der Waals surface area contributed by atoms with Crippen molar-refractivity contribution in [1.29, 1.82) is 0 Å². The first kappa shape index (κ1) is 12.4. The number of hydrogen-bond donors (Lipinski definition) is 1. The number of nitrogen functional groups attached to an aromatic ring is 1. The lowest BCUT2D eigenvalue weighted by molar-refractivity contribution is 0.204. The summed E-state index contributed by atoms with van der Waals surface area (Å²) in [5, 5.41) is 0. The zero-order valence-corrected chi connectivity index (χ0v) is 11.1. The van der Waals surface area contributed by atoms with Gasteiger partial charge in [-0.3, -0.25) is 4.90 Å². The van der Waals surface area contributed by atoms with Gasteiger partial charge in [0.2, 0.25) is 0 Å². The second-order valence-corrected chi connectivity index (χ2v) is 5.31. The molecule has 3 heteroatoms. The van der Waals surface area contributed by atoms with E-state index in [4.69, 9.17) is 5.73 Å². The van der Waals surface area contributed by atoms with Gasteiger partial charge in [0.25, 0.3) is 0 Å². The monoisotopic (exact) mass is 233 g/mol. The van der Waals surface area contributed by atoms with E-state index in [0.717, 1.165) is 31.9 Å². The van der Waals surface area contributed by atoms with Crippen LogP contribution in [0.1, 0.15) is 25.0 Å². The van der Waals surface area contributed by atoms with Crippen molar-refractivity contribution < 1.29 is 0 Å². The molecule has 94 valence electrons. The summed E-state index contributed by atoms with van der Waals surface area (Å²) in [4.78, 5) is 4.88. The smallest absolute Gasteiger partial charge is 0.0317 e. The van der Waals surface area contributed by atoms with Crippen molar-refractivity contribution in [3.63, 3.8) is 0 Å². The molecule has 0 atom stereocenters. The number of nitrogens with zero attached hydrogens (tertiary/aromatic N) is 2. The lowest BCUT2D eigenvalue weighted by Crippen LogP contribution is -2.34. The van der Waals surface area contributed by atoms with Crippen LogP contribution in [0.25, 0.3) is 0 Å². The Morgan fingerprint density at radius 3 is 2.71 bits per heavy atom. The molecule has 0 saturated heterocycles. The van der Waals surface area contributed by atoms with Crippen LogP contribution in [-0.4, -0.2) is 36.0 Å². The van der Waals surface area contributed by atoms with E-state index in [1.807, 2.05) is 6.07 Å². The zero-order chi connectivity index (χ0) is 12.4. The van der Waals surface area contributed by atoms with Gasteiger partial charge in [-0.2, -0.15) is 0 Å². The van der Waals surface area contributed by atoms with E-state index >= 15 is 0 Å². The summed E-state index contributed by atoms with van der Waals surface area (Å²) in [5.74, 6) is 0. The molecule has 0 aromatic heterocycles. The average molecular weight is 233 g/mol. The predicted molar refractivity (Wildman–Crippen MR) is 72.7 cm³/mol. The lowest BCUT2D eigenvalue weighted by atomic mass is 10.1. The molecular weight excluding hydrogens is 210 g/mol. The number of benzene rings is 1. The molecule has 1 aromatic carbocycles. The van der Waals surface area contributed by atoms with Gasteiger partial charge < -0.3 is 10.6 Å². The van der Waals surface area contributed by atoms with Gasteiger partial charge in [0, 0.05) is 37.9 Å². The van der Waals surface area contributed by atoms with Crippen molar-refractivity contribution in [3.05, 3.63) is 29.3 Å². The average Bonchev–Trinajstić information content (AvgIpc) is 2.67. The Kier molecular flexibility index (Phi) is 3.69. The van der Waals surface area contributed by atoms with Crippen LogP contribution in [0.2, 0.25) is 0 Å². The maximum Gasteiger partial charge on any atom is 0.0317 e.